The lowest BCUT2D eigenvalue weighted by atomic mass is 10.2. The number of nitrogens with zero attached hydrogens (tertiary/aromatic N) is 2. The van der Waals surface area contributed by atoms with Crippen LogP contribution in [0.3, 0.4) is 0 Å². The van der Waals surface area contributed by atoms with E-state index in [9.17, 15) is 4.79 Å². The van der Waals surface area contributed by atoms with Crippen molar-refractivity contribution in [1.29, 1.82) is 0 Å². The zero-order chi connectivity index (χ0) is 9.97. The van der Waals surface area contributed by atoms with Crippen LogP contribution in [0.1, 0.15) is 0 Å². The van der Waals surface area contributed by atoms with Gasteiger partial charge in [-0.15, -0.1) is 0 Å². The monoisotopic (exact) mass is 209 g/mol. The number of nitrogens with one attached hydrogen (secondary N) is 1. The highest BCUT2D eigenvalue weighted by Crippen LogP contribution is 2.20. The first-order chi connectivity index (χ1) is 6.81. The molecule has 2 aromatic rings. The summed E-state index contributed by atoms with van der Waals surface area (Å²) in [4.78, 5) is 10.9. The second kappa shape index (κ2) is 3.69. The lowest BCUT2D eigenvalue weighted by Crippen LogP contribution is -2.15. The highest BCUT2D eigenvalue weighted by atomic mass is 32.1. The zero-order valence-corrected chi connectivity index (χ0v) is 7.91. The van der Waals surface area contributed by atoms with Crippen molar-refractivity contribution in [2.75, 3.05) is 11.9 Å². The molecule has 0 bridgehead atoms. The van der Waals surface area contributed by atoms with Gasteiger partial charge in [0.2, 0.25) is 5.91 Å². The summed E-state index contributed by atoms with van der Waals surface area (Å²) in [6, 6.07) is 5.31. The van der Waals surface area contributed by atoms with Gasteiger partial charge in [-0.2, -0.15) is 8.75 Å². The minimum Gasteiger partial charge on any atom is -0.387 e. The summed E-state index contributed by atoms with van der Waals surface area (Å²) in [6.45, 7) is -0.534. The molecule has 0 aliphatic heterocycles. The Morgan fingerprint density at radius 2 is 2.36 bits per heavy atom. The van der Waals surface area contributed by atoms with Gasteiger partial charge in [-0.25, -0.2) is 0 Å². The number of carbonyl (C=O) groups is 1. The minimum absolute atomic E-state index is 0.453. The number of aliphatic hydroxyl groups is 1. The molecule has 0 saturated heterocycles. The molecule has 0 aliphatic rings. The normalized spacial score (nSPS) is 10.4. The number of anilines is 1. The lowest BCUT2D eigenvalue weighted by molar-refractivity contribution is -0.118. The van der Waals surface area contributed by atoms with Gasteiger partial charge >= 0.3 is 0 Å². The van der Waals surface area contributed by atoms with Crippen molar-refractivity contribution in [1.82, 2.24) is 8.75 Å². The molecule has 6 heteroatoms. The molecular formula is C8H7N3O2S. The fourth-order valence-electron chi connectivity index (χ4n) is 1.10. The molecule has 14 heavy (non-hydrogen) atoms. The highest BCUT2D eigenvalue weighted by molar-refractivity contribution is 7.00. The van der Waals surface area contributed by atoms with Crippen LogP contribution in [0.5, 0.6) is 0 Å². The van der Waals surface area contributed by atoms with E-state index in [2.05, 4.69) is 14.1 Å². The first-order valence-corrected chi connectivity index (χ1v) is 4.66. The van der Waals surface area contributed by atoms with Gasteiger partial charge in [-0.1, -0.05) is 6.07 Å². The van der Waals surface area contributed by atoms with Gasteiger partial charge in [0.05, 0.1) is 17.4 Å². The van der Waals surface area contributed by atoms with Crippen LogP contribution in [-0.4, -0.2) is 26.4 Å². The zero-order valence-electron chi connectivity index (χ0n) is 7.10. The molecule has 0 saturated carbocycles. The summed E-state index contributed by atoms with van der Waals surface area (Å²) >= 11 is 1.09. The van der Waals surface area contributed by atoms with Gasteiger partial charge in [-0.05, 0) is 12.1 Å². The second-order valence-corrected chi connectivity index (χ2v) is 3.17. The van der Waals surface area contributed by atoms with Gasteiger partial charge in [0.15, 0.2) is 0 Å². The smallest absolute Gasteiger partial charge is 0.250 e. The van der Waals surface area contributed by atoms with Gasteiger partial charge < -0.3 is 10.4 Å². The van der Waals surface area contributed by atoms with E-state index in [0.717, 1.165) is 17.2 Å². The van der Waals surface area contributed by atoms with E-state index in [1.807, 2.05) is 6.07 Å². The number of hydrogen-bond acceptors (Lipinski definition) is 5. The van der Waals surface area contributed by atoms with E-state index in [0.29, 0.717) is 11.2 Å². The second-order valence-electron chi connectivity index (χ2n) is 2.64. The van der Waals surface area contributed by atoms with E-state index in [4.69, 9.17) is 5.11 Å². The molecular weight excluding hydrogens is 202 g/mol. The average Bonchev–Trinajstić information content (AvgIpc) is 2.66. The van der Waals surface area contributed by atoms with Crippen LogP contribution in [-0.2, 0) is 4.79 Å². The van der Waals surface area contributed by atoms with Crippen molar-refractivity contribution in [2.45, 2.75) is 0 Å². The number of fused-ring (bicyclic) bond motifs is 1. The summed E-state index contributed by atoms with van der Waals surface area (Å²) in [5.74, 6) is -0.453. The summed E-state index contributed by atoms with van der Waals surface area (Å²) in [6.07, 6.45) is 0. The van der Waals surface area contributed by atoms with Crippen LogP contribution >= 0.6 is 11.7 Å². The van der Waals surface area contributed by atoms with Gasteiger partial charge in [0.25, 0.3) is 0 Å². The van der Waals surface area contributed by atoms with Crippen LogP contribution in [0.4, 0.5) is 5.69 Å². The molecule has 1 amide bonds. The van der Waals surface area contributed by atoms with Gasteiger partial charge in [0, 0.05) is 0 Å². The molecule has 72 valence electrons. The Balaban J connectivity index is 2.41. The molecule has 0 unspecified atom stereocenters. The Kier molecular flexibility index (Phi) is 2.38. The number of amides is 1. The lowest BCUT2D eigenvalue weighted by Gasteiger charge is -2.02. The summed E-state index contributed by atoms with van der Waals surface area (Å²) in [5, 5.41) is 11.1. The largest absolute Gasteiger partial charge is 0.387 e. The van der Waals surface area contributed by atoms with Crippen molar-refractivity contribution < 1.29 is 9.90 Å². The van der Waals surface area contributed by atoms with Crippen LogP contribution in [0.15, 0.2) is 18.2 Å². The van der Waals surface area contributed by atoms with Gasteiger partial charge in [-0.3, -0.25) is 4.79 Å². The van der Waals surface area contributed by atoms with E-state index in [-0.39, 0.29) is 0 Å². The molecule has 2 rings (SSSR count). The Bertz CT molecular complexity index is 468. The predicted molar refractivity (Wildman–Crippen MR) is 53.1 cm³/mol. The molecule has 0 aliphatic carbocycles. The van der Waals surface area contributed by atoms with Crippen molar-refractivity contribution in [3.8, 4) is 0 Å². The summed E-state index contributed by atoms with van der Waals surface area (Å²) < 4.78 is 8.07. The first kappa shape index (κ1) is 9.04. The van der Waals surface area contributed by atoms with E-state index in [1.54, 1.807) is 12.1 Å². The fraction of sp³-hybridized carbons (Fsp3) is 0.125. The standard InChI is InChI=1S/C8H7N3O2S/c12-4-7(13)9-5-2-1-3-6-8(5)11-14-10-6/h1-3,12H,4H2,(H,9,13). The molecule has 0 atom stereocenters. The van der Waals surface area contributed by atoms with Crippen molar-refractivity contribution in [3.63, 3.8) is 0 Å². The Morgan fingerprint density at radius 3 is 3.14 bits per heavy atom. The van der Waals surface area contributed by atoms with Crippen LogP contribution in [0.25, 0.3) is 11.0 Å². The van der Waals surface area contributed by atoms with Crippen molar-refractivity contribution in [3.05, 3.63) is 18.2 Å². The number of hydrogen-bond donors (Lipinski definition) is 2. The maximum absolute atomic E-state index is 10.9. The van der Waals surface area contributed by atoms with Crippen molar-refractivity contribution in [2.24, 2.45) is 0 Å². The molecule has 1 aromatic carbocycles. The molecule has 1 aromatic heterocycles. The fourth-order valence-corrected chi connectivity index (χ4v) is 1.65. The molecule has 5 nitrogen and oxygen atoms in total. The van der Waals surface area contributed by atoms with E-state index < -0.39 is 12.5 Å². The topological polar surface area (TPSA) is 75.1 Å². The van der Waals surface area contributed by atoms with Gasteiger partial charge in [0.1, 0.15) is 17.6 Å². The SMILES string of the molecule is O=C(CO)Nc1cccc2nsnc12. The minimum atomic E-state index is -0.534. The number of aliphatic hydroxyl groups excluding tert-OH is 1. The third-order valence-corrected chi connectivity index (χ3v) is 2.25. The maximum atomic E-state index is 10.9. The van der Waals surface area contributed by atoms with Crippen LogP contribution < -0.4 is 5.32 Å². The number of aromatic nitrogens is 2. The van der Waals surface area contributed by atoms with E-state index >= 15 is 0 Å². The molecule has 0 radical (unpaired) electrons. The quantitative estimate of drug-likeness (QED) is 0.760. The summed E-state index contributed by atoms with van der Waals surface area (Å²) in [5.41, 5.74) is 1.97. The molecule has 0 fully saturated rings. The molecule has 1 heterocycles. The number of rotatable bonds is 2. The van der Waals surface area contributed by atoms with E-state index in [1.165, 1.54) is 0 Å². The Hall–Kier alpha value is -1.53. The number of benzene rings is 1. The third-order valence-electron chi connectivity index (χ3n) is 1.70. The predicted octanol–water partition coefficient (Wildman–Crippen LogP) is 0.622. The Morgan fingerprint density at radius 1 is 1.50 bits per heavy atom. The first-order valence-electron chi connectivity index (χ1n) is 3.93. The van der Waals surface area contributed by atoms with Crippen molar-refractivity contribution >= 4 is 34.4 Å². The summed E-state index contributed by atoms with van der Waals surface area (Å²) in [7, 11) is 0. The average molecular weight is 209 g/mol. The van der Waals surface area contributed by atoms with Crippen LogP contribution in [0.2, 0.25) is 0 Å². The molecule has 2 N–H and O–H groups in total. The maximum Gasteiger partial charge on any atom is 0.250 e. The third kappa shape index (κ3) is 1.57. The van der Waals surface area contributed by atoms with Crippen LogP contribution in [0, 0.1) is 0 Å². The number of carbonyl (C=O) groups excluding carboxylic acids is 1. The molecule has 0 spiro atoms. The Labute approximate surface area is 83.7 Å². The highest BCUT2D eigenvalue weighted by Gasteiger charge is 2.06.